The summed E-state index contributed by atoms with van der Waals surface area (Å²) in [6.45, 7) is 3.68. The van der Waals surface area contributed by atoms with Gasteiger partial charge in [0.05, 0.1) is 12.7 Å². The van der Waals surface area contributed by atoms with E-state index in [9.17, 15) is 26.4 Å². The molecule has 0 amide bonds. The molecular formula is C20H15F3O6S. The highest BCUT2D eigenvalue weighted by Gasteiger charge is 2.48. The number of hydrogen-bond acceptors (Lipinski definition) is 6. The molecule has 0 bridgehead atoms. The molecule has 1 aliphatic carbocycles. The van der Waals surface area contributed by atoms with E-state index in [2.05, 4.69) is 4.18 Å². The van der Waals surface area contributed by atoms with Crippen molar-refractivity contribution < 1.29 is 39.7 Å². The van der Waals surface area contributed by atoms with Crippen molar-refractivity contribution >= 4 is 26.9 Å². The zero-order valence-electron chi connectivity index (χ0n) is 16.0. The number of halogens is 3. The molecule has 0 saturated heterocycles. The molecule has 6 nitrogen and oxygen atoms in total. The molecule has 3 aromatic rings. The predicted molar refractivity (Wildman–Crippen MR) is 100 cm³/mol. The van der Waals surface area contributed by atoms with Crippen molar-refractivity contribution in [2.24, 2.45) is 0 Å². The molecule has 0 N–H and O–H groups in total. The maximum absolute atomic E-state index is 13.1. The van der Waals surface area contributed by atoms with Crippen molar-refractivity contribution in [2.75, 3.05) is 7.11 Å². The number of furan rings is 1. The average molecular weight is 440 g/mol. The Morgan fingerprint density at radius 2 is 1.70 bits per heavy atom. The first-order valence-corrected chi connectivity index (χ1v) is 10.1. The van der Waals surface area contributed by atoms with Gasteiger partial charge in [0, 0.05) is 22.4 Å². The van der Waals surface area contributed by atoms with Crippen LogP contribution in [0.3, 0.4) is 0 Å². The molecule has 0 spiro atoms. The Bertz CT molecular complexity index is 1300. The molecule has 0 fully saturated rings. The number of methoxy groups -OCH3 is 1. The Balaban J connectivity index is 1.87. The Morgan fingerprint density at radius 1 is 1.03 bits per heavy atom. The highest BCUT2D eigenvalue weighted by Crippen LogP contribution is 2.46. The van der Waals surface area contributed by atoms with E-state index in [0.29, 0.717) is 28.0 Å². The van der Waals surface area contributed by atoms with Crippen LogP contribution in [0.25, 0.3) is 11.0 Å². The number of rotatable bonds is 3. The minimum Gasteiger partial charge on any atom is -0.497 e. The first-order chi connectivity index (χ1) is 13.9. The summed E-state index contributed by atoms with van der Waals surface area (Å²) >= 11 is 0. The normalized spacial score (nSPS) is 15.6. The molecule has 0 atom stereocenters. The summed E-state index contributed by atoms with van der Waals surface area (Å²) < 4.78 is 75.6. The van der Waals surface area contributed by atoms with E-state index in [1.54, 1.807) is 18.2 Å². The fourth-order valence-electron chi connectivity index (χ4n) is 3.59. The summed E-state index contributed by atoms with van der Waals surface area (Å²) in [5, 5.41) is 0.348. The highest BCUT2D eigenvalue weighted by atomic mass is 32.2. The number of carbonyl (C=O) groups excluding carboxylic acids is 1. The third kappa shape index (κ3) is 2.85. The molecule has 1 aliphatic rings. The molecule has 1 aromatic heterocycles. The van der Waals surface area contributed by atoms with Gasteiger partial charge in [-0.05, 0) is 49.7 Å². The molecule has 0 radical (unpaired) electrons. The van der Waals surface area contributed by atoms with Gasteiger partial charge in [-0.15, -0.1) is 0 Å². The number of carbonyl (C=O) groups is 1. The van der Waals surface area contributed by atoms with Gasteiger partial charge in [0.1, 0.15) is 22.8 Å². The SMILES string of the molecule is COc1ccc2c(c1)C(C)(C)c1oc3cc(OS(=O)(=O)C(F)(F)F)ccc3c1C2=O. The second kappa shape index (κ2) is 6.24. The molecular weight excluding hydrogens is 425 g/mol. The van der Waals surface area contributed by atoms with Crippen LogP contribution in [0.2, 0.25) is 0 Å². The molecule has 4 rings (SSSR count). The Labute approximate surface area is 169 Å². The molecule has 2 aromatic carbocycles. The lowest BCUT2D eigenvalue weighted by atomic mass is 9.72. The van der Waals surface area contributed by atoms with Crippen LogP contribution in [0.15, 0.2) is 40.8 Å². The van der Waals surface area contributed by atoms with E-state index in [1.165, 1.54) is 13.2 Å². The number of hydrogen-bond donors (Lipinski definition) is 0. The number of ketones is 1. The average Bonchev–Trinajstić information content (AvgIpc) is 3.04. The van der Waals surface area contributed by atoms with Crippen LogP contribution in [0.5, 0.6) is 11.5 Å². The third-order valence-corrected chi connectivity index (χ3v) is 6.07. The minimum absolute atomic E-state index is 0.0380. The summed E-state index contributed by atoms with van der Waals surface area (Å²) in [6, 6.07) is 8.41. The van der Waals surface area contributed by atoms with Gasteiger partial charge in [0.15, 0.2) is 5.78 Å². The number of alkyl halides is 3. The minimum atomic E-state index is -5.83. The molecule has 0 saturated carbocycles. The zero-order chi connectivity index (χ0) is 22.1. The summed E-state index contributed by atoms with van der Waals surface area (Å²) in [6.07, 6.45) is 0. The van der Waals surface area contributed by atoms with Crippen molar-refractivity contribution in [1.82, 2.24) is 0 Å². The van der Waals surface area contributed by atoms with Gasteiger partial charge >= 0.3 is 15.6 Å². The van der Waals surface area contributed by atoms with E-state index in [4.69, 9.17) is 9.15 Å². The van der Waals surface area contributed by atoms with Gasteiger partial charge in [-0.25, -0.2) is 0 Å². The maximum Gasteiger partial charge on any atom is 0.534 e. The monoisotopic (exact) mass is 440 g/mol. The molecule has 0 unspecified atom stereocenters. The van der Waals surface area contributed by atoms with Crippen LogP contribution in [0.4, 0.5) is 13.2 Å². The number of fused-ring (bicyclic) bond motifs is 4. The zero-order valence-corrected chi connectivity index (χ0v) is 16.8. The number of benzene rings is 2. The number of ether oxygens (including phenoxy) is 1. The molecule has 0 aliphatic heterocycles. The summed E-state index contributed by atoms with van der Waals surface area (Å²) in [5.41, 5.74) is -4.88. The maximum atomic E-state index is 13.1. The van der Waals surface area contributed by atoms with Crippen LogP contribution >= 0.6 is 0 Å². The van der Waals surface area contributed by atoms with Gasteiger partial charge in [0.2, 0.25) is 0 Å². The Kier molecular flexibility index (Phi) is 4.22. The van der Waals surface area contributed by atoms with Crippen LogP contribution < -0.4 is 8.92 Å². The summed E-state index contributed by atoms with van der Waals surface area (Å²) in [5.74, 6) is -0.00557. The Hall–Kier alpha value is -3.01. The second-order valence-electron chi connectivity index (χ2n) is 7.31. The highest BCUT2D eigenvalue weighted by molar-refractivity contribution is 7.88. The molecule has 10 heteroatoms. The van der Waals surface area contributed by atoms with Crippen LogP contribution in [-0.4, -0.2) is 26.8 Å². The van der Waals surface area contributed by atoms with Crippen molar-refractivity contribution in [3.63, 3.8) is 0 Å². The standard InChI is InChI=1S/C20H15F3O6S/c1-19(2)14-8-10(27-3)4-6-12(14)17(24)16-13-7-5-11(9-15(13)28-18(16)19)29-30(25,26)20(21,22)23/h4-9H,1-3H3. The van der Waals surface area contributed by atoms with Crippen molar-refractivity contribution in [3.05, 3.63) is 58.8 Å². The van der Waals surface area contributed by atoms with Gasteiger partial charge < -0.3 is 13.3 Å². The first-order valence-electron chi connectivity index (χ1n) is 8.68. The topological polar surface area (TPSA) is 82.8 Å². The lowest BCUT2D eigenvalue weighted by molar-refractivity contribution is -0.0500. The van der Waals surface area contributed by atoms with E-state index in [0.717, 1.165) is 12.1 Å². The van der Waals surface area contributed by atoms with E-state index in [1.807, 2.05) is 13.8 Å². The fourth-order valence-corrected chi connectivity index (χ4v) is 4.04. The van der Waals surface area contributed by atoms with Gasteiger partial charge in [-0.2, -0.15) is 21.6 Å². The van der Waals surface area contributed by atoms with E-state index >= 15 is 0 Å². The van der Waals surface area contributed by atoms with Gasteiger partial charge in [-0.1, -0.05) is 0 Å². The lowest BCUT2D eigenvalue weighted by Gasteiger charge is -2.30. The van der Waals surface area contributed by atoms with Crippen LogP contribution in [0, 0.1) is 0 Å². The van der Waals surface area contributed by atoms with Crippen molar-refractivity contribution in [1.29, 1.82) is 0 Å². The smallest absolute Gasteiger partial charge is 0.497 e. The van der Waals surface area contributed by atoms with Crippen molar-refractivity contribution in [3.8, 4) is 11.5 Å². The molecule has 30 heavy (non-hydrogen) atoms. The lowest BCUT2D eigenvalue weighted by Crippen LogP contribution is -2.29. The summed E-state index contributed by atoms with van der Waals surface area (Å²) in [7, 11) is -4.33. The molecule has 158 valence electrons. The largest absolute Gasteiger partial charge is 0.534 e. The second-order valence-corrected chi connectivity index (χ2v) is 8.85. The Morgan fingerprint density at radius 3 is 2.33 bits per heavy atom. The first kappa shape index (κ1) is 20.3. The quantitative estimate of drug-likeness (QED) is 0.439. The van der Waals surface area contributed by atoms with E-state index in [-0.39, 0.29) is 16.9 Å². The summed E-state index contributed by atoms with van der Waals surface area (Å²) in [4.78, 5) is 13.1. The van der Waals surface area contributed by atoms with Crippen LogP contribution in [-0.2, 0) is 15.5 Å². The van der Waals surface area contributed by atoms with Crippen LogP contribution in [0.1, 0.15) is 41.1 Å². The van der Waals surface area contributed by atoms with Gasteiger partial charge in [-0.3, -0.25) is 4.79 Å². The van der Waals surface area contributed by atoms with Gasteiger partial charge in [0.25, 0.3) is 0 Å². The predicted octanol–water partition coefficient (Wildman–Crippen LogP) is 4.54. The molecule has 1 heterocycles. The third-order valence-electron chi connectivity index (χ3n) is 5.09. The van der Waals surface area contributed by atoms with Crippen molar-refractivity contribution in [2.45, 2.75) is 24.8 Å². The fraction of sp³-hybridized carbons (Fsp3) is 0.250. The van der Waals surface area contributed by atoms with E-state index < -0.39 is 26.8 Å².